The molecular formula is C15H15F9N2O8S3. The number of nitrogens with one attached hydrogen (secondary N) is 2. The minimum Gasteiger partial charge on any atom is -0.488 e. The molecule has 0 spiro atoms. The van der Waals surface area contributed by atoms with E-state index in [1.807, 2.05) is 0 Å². The first-order chi connectivity index (χ1) is 16.0. The van der Waals surface area contributed by atoms with Crippen molar-refractivity contribution < 1.29 is 74.3 Å². The Bertz CT molecular complexity index is 1350. The van der Waals surface area contributed by atoms with Crippen molar-refractivity contribution in [1.29, 1.82) is 0 Å². The van der Waals surface area contributed by atoms with Crippen molar-refractivity contribution >= 4 is 36.0 Å². The zero-order chi connectivity index (χ0) is 29.7. The molecule has 0 radical (unpaired) electrons. The van der Waals surface area contributed by atoms with Crippen LogP contribution in [0.3, 0.4) is 0 Å². The molecule has 0 aliphatic heterocycles. The third-order valence-electron chi connectivity index (χ3n) is 3.70. The fourth-order valence-corrected chi connectivity index (χ4v) is 5.46. The van der Waals surface area contributed by atoms with Crippen LogP contribution < -0.4 is 13.6 Å². The Hall–Kier alpha value is -2.33. The highest BCUT2D eigenvalue weighted by Crippen LogP contribution is 2.50. The summed E-state index contributed by atoms with van der Waals surface area (Å²) in [6.45, 7) is 4.77. The van der Waals surface area contributed by atoms with E-state index in [0.29, 0.717) is 4.72 Å². The number of benzene rings is 1. The molecule has 0 unspecified atom stereocenters. The van der Waals surface area contributed by atoms with Gasteiger partial charge in [0.15, 0.2) is 0 Å². The summed E-state index contributed by atoms with van der Waals surface area (Å²) < 4.78 is 193. The summed E-state index contributed by atoms with van der Waals surface area (Å²) in [7, 11) is -22.6. The van der Waals surface area contributed by atoms with Crippen molar-refractivity contribution in [3.63, 3.8) is 0 Å². The summed E-state index contributed by atoms with van der Waals surface area (Å²) in [5.41, 5.74) is -8.30. The second-order valence-electron chi connectivity index (χ2n) is 7.82. The molecule has 214 valence electrons. The molecule has 1 amide bonds. The lowest BCUT2D eigenvalue weighted by atomic mass is 10.1. The minimum atomic E-state index is -7.91. The van der Waals surface area contributed by atoms with Crippen molar-refractivity contribution in [1.82, 2.24) is 8.85 Å². The fraction of sp³-hybridized carbons (Fsp3) is 0.533. The molecule has 1 aromatic rings. The largest absolute Gasteiger partial charge is 0.512 e. The van der Waals surface area contributed by atoms with Gasteiger partial charge in [-0.3, -0.25) is 4.79 Å². The van der Waals surface area contributed by atoms with Crippen molar-refractivity contribution in [2.75, 3.05) is 0 Å². The topological polar surface area (TPSA) is 153 Å². The van der Waals surface area contributed by atoms with Gasteiger partial charge >= 0.3 is 42.0 Å². The van der Waals surface area contributed by atoms with Crippen LogP contribution in [0.15, 0.2) is 24.3 Å². The van der Waals surface area contributed by atoms with E-state index in [2.05, 4.69) is 0 Å². The van der Waals surface area contributed by atoms with E-state index in [-0.39, 0.29) is 5.75 Å². The molecule has 0 heterocycles. The smallest absolute Gasteiger partial charge is 0.488 e. The zero-order valence-corrected chi connectivity index (χ0v) is 20.7. The Kier molecular flexibility index (Phi) is 8.35. The van der Waals surface area contributed by atoms with Gasteiger partial charge < -0.3 is 4.74 Å². The number of rotatable bonds is 9. The van der Waals surface area contributed by atoms with Crippen LogP contribution in [0, 0.1) is 0 Å². The van der Waals surface area contributed by atoms with Crippen LogP contribution in [0.25, 0.3) is 0 Å². The van der Waals surface area contributed by atoms with Crippen LogP contribution in [0.2, 0.25) is 0 Å². The van der Waals surface area contributed by atoms with Gasteiger partial charge in [0, 0.05) is 5.56 Å². The maximum atomic E-state index is 14.1. The lowest BCUT2D eigenvalue weighted by molar-refractivity contribution is -0.244. The van der Waals surface area contributed by atoms with Gasteiger partial charge in [0.05, 0.1) is 0 Å². The van der Waals surface area contributed by atoms with Crippen molar-refractivity contribution in [3.8, 4) is 5.75 Å². The van der Waals surface area contributed by atoms with Crippen molar-refractivity contribution in [3.05, 3.63) is 29.8 Å². The lowest BCUT2D eigenvalue weighted by Gasteiger charge is -2.31. The normalized spacial score (nSPS) is 14.8. The van der Waals surface area contributed by atoms with Crippen LogP contribution >= 0.6 is 0 Å². The summed E-state index contributed by atoms with van der Waals surface area (Å²) in [4.78, 5) is 11.9. The maximum Gasteiger partial charge on any atom is 0.512 e. The predicted molar refractivity (Wildman–Crippen MR) is 105 cm³/mol. The molecule has 0 fully saturated rings. The average Bonchev–Trinajstić information content (AvgIpc) is 2.64. The zero-order valence-electron chi connectivity index (χ0n) is 18.2. The molecule has 0 atom stereocenters. The van der Waals surface area contributed by atoms with Gasteiger partial charge in [0.2, 0.25) is 0 Å². The summed E-state index contributed by atoms with van der Waals surface area (Å²) in [6.07, 6.45) is 0. The number of hydrogen-bond acceptors (Lipinski definition) is 8. The van der Waals surface area contributed by atoms with Gasteiger partial charge in [-0.15, -0.1) is 0 Å². The van der Waals surface area contributed by atoms with E-state index in [1.165, 1.54) is 0 Å². The summed E-state index contributed by atoms with van der Waals surface area (Å²) in [5, 5.41) is -14.7. The molecule has 0 saturated heterocycles. The molecule has 0 aliphatic rings. The number of halogens is 9. The quantitative estimate of drug-likeness (QED) is 0.401. The van der Waals surface area contributed by atoms with Crippen molar-refractivity contribution in [2.45, 2.75) is 48.3 Å². The number of alkyl halides is 9. The van der Waals surface area contributed by atoms with E-state index in [1.54, 1.807) is 20.8 Å². The first-order valence-electron chi connectivity index (χ1n) is 8.86. The predicted octanol–water partition coefficient (Wildman–Crippen LogP) is 2.51. The fourth-order valence-electron chi connectivity index (χ4n) is 2.02. The van der Waals surface area contributed by atoms with Gasteiger partial charge in [0.25, 0.3) is 15.9 Å². The lowest BCUT2D eigenvalue weighted by Crippen LogP contribution is -2.65. The SMILES string of the molecule is CC(C)(C)Oc1ccc(C(=O)NS(=O)(=O)C(F)(F)C(F)(F)C(F)(F)S(=O)(=O)NS(=O)(=O)C(F)(F)F)cc1. The molecule has 22 heteroatoms. The molecule has 37 heavy (non-hydrogen) atoms. The van der Waals surface area contributed by atoms with Crippen LogP contribution in [-0.2, 0) is 30.1 Å². The van der Waals surface area contributed by atoms with E-state index >= 15 is 0 Å². The Morgan fingerprint density at radius 1 is 0.703 bits per heavy atom. The number of hydrogen-bond donors (Lipinski definition) is 2. The molecule has 2 N–H and O–H groups in total. The molecular weight excluding hydrogens is 603 g/mol. The molecule has 0 saturated carbocycles. The van der Waals surface area contributed by atoms with Crippen LogP contribution in [0.5, 0.6) is 5.75 Å². The highest BCUT2D eigenvalue weighted by Gasteiger charge is 2.83. The maximum absolute atomic E-state index is 14.1. The Morgan fingerprint density at radius 2 is 1.11 bits per heavy atom. The Morgan fingerprint density at radius 3 is 1.49 bits per heavy atom. The average molecular weight is 618 g/mol. The van der Waals surface area contributed by atoms with Crippen LogP contribution in [-0.4, -0.2) is 58.7 Å². The number of sulfonamides is 3. The Balaban J connectivity index is 3.36. The van der Waals surface area contributed by atoms with Gasteiger partial charge in [-0.2, -0.15) is 47.9 Å². The molecule has 0 aliphatic carbocycles. The van der Waals surface area contributed by atoms with Gasteiger partial charge in [-0.25, -0.2) is 21.6 Å². The first kappa shape index (κ1) is 32.7. The van der Waals surface area contributed by atoms with E-state index in [0.717, 1.165) is 24.3 Å². The second kappa shape index (κ2) is 9.45. The van der Waals surface area contributed by atoms with E-state index in [9.17, 15) is 69.6 Å². The summed E-state index contributed by atoms with van der Waals surface area (Å²) in [5.74, 6) is -9.71. The van der Waals surface area contributed by atoms with Gasteiger partial charge in [-0.05, 0) is 45.0 Å². The number of ether oxygens (including phenoxy) is 1. The second-order valence-corrected chi connectivity index (χ2v) is 13.2. The third-order valence-corrected chi connectivity index (χ3v) is 8.38. The monoisotopic (exact) mass is 618 g/mol. The molecule has 0 bridgehead atoms. The number of carbonyl (C=O) groups excluding carboxylic acids is 1. The summed E-state index contributed by atoms with van der Waals surface area (Å²) in [6, 6.07) is 3.44. The number of carbonyl (C=O) groups is 1. The highest BCUT2D eigenvalue weighted by atomic mass is 32.3. The number of amides is 1. The molecule has 1 aromatic carbocycles. The Labute approximate surface area is 203 Å². The molecule has 0 aromatic heterocycles. The van der Waals surface area contributed by atoms with Crippen LogP contribution in [0.4, 0.5) is 39.5 Å². The van der Waals surface area contributed by atoms with Crippen LogP contribution in [0.1, 0.15) is 31.1 Å². The summed E-state index contributed by atoms with van der Waals surface area (Å²) >= 11 is 0. The van der Waals surface area contributed by atoms with Gasteiger partial charge in [-0.1, -0.05) is 4.13 Å². The first-order valence-corrected chi connectivity index (χ1v) is 13.3. The standard InChI is InChI=1S/C15H15F9N2O8S3/c1-11(2,3)34-9-6-4-8(5-7-9)10(27)25-35(28,29)13(18,19)12(16,17)14(20,21)36(30,31)26-37(32,33)15(22,23)24/h4-7,26H,1-3H3,(H,25,27). The highest BCUT2D eigenvalue weighted by molar-refractivity contribution is 8.05. The van der Waals surface area contributed by atoms with E-state index in [4.69, 9.17) is 4.74 Å². The molecule has 10 nitrogen and oxygen atoms in total. The van der Waals surface area contributed by atoms with E-state index < -0.39 is 73.2 Å². The minimum absolute atomic E-state index is 0.0509. The third kappa shape index (κ3) is 6.39. The molecule has 1 rings (SSSR count). The van der Waals surface area contributed by atoms with Crippen molar-refractivity contribution in [2.24, 2.45) is 0 Å². The van der Waals surface area contributed by atoms with Gasteiger partial charge in [0.1, 0.15) is 11.4 Å².